The van der Waals surface area contributed by atoms with E-state index in [9.17, 15) is 4.79 Å². The number of tetrazole rings is 1. The first-order valence-corrected chi connectivity index (χ1v) is 8.59. The van der Waals surface area contributed by atoms with Crippen molar-refractivity contribution in [1.29, 1.82) is 0 Å². The third-order valence-electron chi connectivity index (χ3n) is 4.34. The molecule has 26 heavy (non-hydrogen) atoms. The molecule has 8 heteroatoms. The first-order chi connectivity index (χ1) is 12.7. The highest BCUT2D eigenvalue weighted by Gasteiger charge is 2.28. The average Bonchev–Trinajstić information content (AvgIpc) is 3.23. The Morgan fingerprint density at radius 3 is 2.77 bits per heavy atom. The fourth-order valence-electron chi connectivity index (χ4n) is 3.02. The van der Waals surface area contributed by atoms with Crippen molar-refractivity contribution in [2.45, 2.75) is 6.10 Å². The lowest BCUT2D eigenvalue weighted by Crippen LogP contribution is -2.42. The number of aromatic amines is 1. The second-order valence-corrected chi connectivity index (χ2v) is 6.38. The summed E-state index contributed by atoms with van der Waals surface area (Å²) in [4.78, 5) is 14.9. The van der Waals surface area contributed by atoms with E-state index in [1.54, 1.807) is 11.0 Å². The lowest BCUT2D eigenvalue weighted by Gasteiger charge is -2.33. The standard InChI is InChI=1S/C18H16ClN5O2/c19-13-7-5-12(6-8-13)16-11-24(9-10-26-16)18(25)15-4-2-1-3-14(15)17-20-22-23-21-17/h1-8,16H,9-11H2,(H,20,21,22,23)/t16-/m1/s1. The Hall–Kier alpha value is -2.77. The van der Waals surface area contributed by atoms with E-state index in [-0.39, 0.29) is 12.0 Å². The molecule has 1 aliphatic rings. The number of morpholine rings is 1. The number of amides is 1. The molecule has 1 saturated heterocycles. The van der Waals surface area contributed by atoms with Crippen LogP contribution in [0, 0.1) is 0 Å². The predicted octanol–water partition coefficient (Wildman–Crippen LogP) is 2.73. The topological polar surface area (TPSA) is 84.0 Å². The lowest BCUT2D eigenvalue weighted by atomic mass is 10.0. The van der Waals surface area contributed by atoms with Gasteiger partial charge >= 0.3 is 0 Å². The van der Waals surface area contributed by atoms with Crippen LogP contribution in [0.1, 0.15) is 22.0 Å². The van der Waals surface area contributed by atoms with Crippen LogP contribution < -0.4 is 0 Å². The third kappa shape index (κ3) is 3.31. The van der Waals surface area contributed by atoms with Crippen molar-refractivity contribution in [1.82, 2.24) is 25.5 Å². The number of benzene rings is 2. The molecule has 0 spiro atoms. The summed E-state index contributed by atoms with van der Waals surface area (Å²) in [7, 11) is 0. The second kappa shape index (κ2) is 7.23. The van der Waals surface area contributed by atoms with Crippen molar-refractivity contribution in [3.05, 3.63) is 64.7 Å². The Morgan fingerprint density at radius 1 is 1.19 bits per heavy atom. The van der Waals surface area contributed by atoms with E-state index in [2.05, 4.69) is 20.6 Å². The van der Waals surface area contributed by atoms with Gasteiger partial charge in [0.25, 0.3) is 5.91 Å². The molecule has 2 aromatic carbocycles. The smallest absolute Gasteiger partial charge is 0.254 e. The van der Waals surface area contributed by atoms with Crippen molar-refractivity contribution >= 4 is 17.5 Å². The van der Waals surface area contributed by atoms with Crippen LogP contribution >= 0.6 is 11.6 Å². The van der Waals surface area contributed by atoms with Gasteiger partial charge in [-0.25, -0.2) is 0 Å². The first-order valence-electron chi connectivity index (χ1n) is 8.21. The highest BCUT2D eigenvalue weighted by molar-refractivity contribution is 6.30. The Morgan fingerprint density at radius 2 is 2.00 bits per heavy atom. The van der Waals surface area contributed by atoms with Crippen molar-refractivity contribution in [3.63, 3.8) is 0 Å². The molecule has 0 aliphatic carbocycles. The Kier molecular flexibility index (Phi) is 4.64. The maximum atomic E-state index is 13.1. The number of nitrogens with one attached hydrogen (secondary N) is 1. The summed E-state index contributed by atoms with van der Waals surface area (Å²) in [5.74, 6) is 0.323. The molecule has 1 fully saturated rings. The fourth-order valence-corrected chi connectivity index (χ4v) is 3.15. The molecule has 1 aliphatic heterocycles. The van der Waals surface area contributed by atoms with E-state index in [0.29, 0.717) is 41.7 Å². The molecule has 0 unspecified atom stereocenters. The highest BCUT2D eigenvalue weighted by atomic mass is 35.5. The normalized spacial score (nSPS) is 17.3. The number of H-pyrrole nitrogens is 1. The SMILES string of the molecule is O=C(c1ccccc1-c1nn[nH]n1)N1CCO[C@@H](c2ccc(Cl)cc2)C1. The van der Waals surface area contributed by atoms with E-state index in [0.717, 1.165) is 5.56 Å². The lowest BCUT2D eigenvalue weighted by molar-refractivity contribution is -0.0228. The summed E-state index contributed by atoms with van der Waals surface area (Å²) < 4.78 is 5.85. The maximum absolute atomic E-state index is 13.1. The van der Waals surface area contributed by atoms with Crippen molar-refractivity contribution < 1.29 is 9.53 Å². The molecular formula is C18H16ClN5O2. The van der Waals surface area contributed by atoms with Crippen LogP contribution in [0.3, 0.4) is 0 Å². The molecule has 0 bridgehead atoms. The zero-order chi connectivity index (χ0) is 17.9. The van der Waals surface area contributed by atoms with Crippen molar-refractivity contribution in [2.24, 2.45) is 0 Å². The summed E-state index contributed by atoms with van der Waals surface area (Å²) in [6.45, 7) is 1.48. The molecular weight excluding hydrogens is 354 g/mol. The predicted molar refractivity (Wildman–Crippen MR) is 95.7 cm³/mol. The second-order valence-electron chi connectivity index (χ2n) is 5.94. The van der Waals surface area contributed by atoms with Gasteiger partial charge in [0, 0.05) is 17.1 Å². The molecule has 1 N–H and O–H groups in total. The van der Waals surface area contributed by atoms with E-state index in [1.165, 1.54) is 0 Å². The number of aromatic nitrogens is 4. The molecule has 4 rings (SSSR count). The summed E-state index contributed by atoms with van der Waals surface area (Å²) in [5.41, 5.74) is 2.20. The molecule has 1 aromatic heterocycles. The van der Waals surface area contributed by atoms with Gasteiger partial charge in [-0.2, -0.15) is 5.21 Å². The molecule has 1 amide bonds. The largest absolute Gasteiger partial charge is 0.370 e. The zero-order valence-electron chi connectivity index (χ0n) is 13.8. The number of carbonyl (C=O) groups excluding carboxylic acids is 1. The Labute approximate surface area is 154 Å². The van der Waals surface area contributed by atoms with Gasteiger partial charge in [-0.1, -0.05) is 41.9 Å². The number of nitrogens with zero attached hydrogens (tertiary/aromatic N) is 4. The van der Waals surface area contributed by atoms with Gasteiger partial charge in [0.1, 0.15) is 6.10 Å². The molecule has 1 atom stereocenters. The monoisotopic (exact) mass is 369 g/mol. The van der Waals surface area contributed by atoms with Gasteiger partial charge in [0.05, 0.1) is 18.7 Å². The number of halogens is 1. The Balaban J connectivity index is 1.58. The van der Waals surface area contributed by atoms with E-state index < -0.39 is 0 Å². The number of hydrogen-bond donors (Lipinski definition) is 1. The van der Waals surface area contributed by atoms with Gasteiger partial charge < -0.3 is 9.64 Å². The van der Waals surface area contributed by atoms with Crippen molar-refractivity contribution in [3.8, 4) is 11.4 Å². The Bertz CT molecular complexity index is 898. The minimum Gasteiger partial charge on any atom is -0.370 e. The molecule has 3 aromatic rings. The van der Waals surface area contributed by atoms with Crippen LogP contribution in [0.5, 0.6) is 0 Å². The van der Waals surface area contributed by atoms with Gasteiger partial charge in [-0.05, 0) is 29.0 Å². The van der Waals surface area contributed by atoms with Crippen LogP contribution in [0.2, 0.25) is 5.02 Å². The zero-order valence-corrected chi connectivity index (χ0v) is 14.6. The van der Waals surface area contributed by atoms with Crippen LogP contribution in [0.4, 0.5) is 0 Å². The minimum atomic E-state index is -0.178. The minimum absolute atomic E-state index is 0.0762. The molecule has 0 radical (unpaired) electrons. The number of rotatable bonds is 3. The average molecular weight is 370 g/mol. The van der Waals surface area contributed by atoms with E-state index >= 15 is 0 Å². The van der Waals surface area contributed by atoms with Gasteiger partial charge in [-0.3, -0.25) is 4.79 Å². The number of ether oxygens (including phenoxy) is 1. The molecule has 2 heterocycles. The number of hydrogen-bond acceptors (Lipinski definition) is 5. The summed E-state index contributed by atoms with van der Waals surface area (Å²) in [6.07, 6.45) is -0.178. The van der Waals surface area contributed by atoms with Crippen LogP contribution in [0.15, 0.2) is 48.5 Å². The van der Waals surface area contributed by atoms with E-state index in [4.69, 9.17) is 16.3 Å². The summed E-state index contributed by atoms with van der Waals surface area (Å²) >= 11 is 5.95. The van der Waals surface area contributed by atoms with Crippen molar-refractivity contribution in [2.75, 3.05) is 19.7 Å². The number of carbonyl (C=O) groups is 1. The van der Waals surface area contributed by atoms with Gasteiger partial charge in [-0.15, -0.1) is 10.2 Å². The van der Waals surface area contributed by atoms with E-state index in [1.807, 2.05) is 42.5 Å². The summed E-state index contributed by atoms with van der Waals surface area (Å²) in [5, 5.41) is 14.7. The van der Waals surface area contributed by atoms with Crippen LogP contribution in [-0.2, 0) is 4.74 Å². The quantitative estimate of drug-likeness (QED) is 0.767. The van der Waals surface area contributed by atoms with Crippen LogP contribution in [-0.4, -0.2) is 51.1 Å². The third-order valence-corrected chi connectivity index (χ3v) is 4.59. The maximum Gasteiger partial charge on any atom is 0.254 e. The molecule has 0 saturated carbocycles. The molecule has 132 valence electrons. The first kappa shape index (κ1) is 16.7. The highest BCUT2D eigenvalue weighted by Crippen LogP contribution is 2.26. The van der Waals surface area contributed by atoms with Gasteiger partial charge in [0.15, 0.2) is 0 Å². The van der Waals surface area contributed by atoms with Crippen LogP contribution in [0.25, 0.3) is 11.4 Å². The van der Waals surface area contributed by atoms with Gasteiger partial charge in [0.2, 0.25) is 5.82 Å². The molecule has 7 nitrogen and oxygen atoms in total. The fraction of sp³-hybridized carbons (Fsp3) is 0.222. The summed E-state index contributed by atoms with van der Waals surface area (Å²) in [6, 6.07) is 14.8.